The lowest BCUT2D eigenvalue weighted by Gasteiger charge is -2.21. The Morgan fingerprint density at radius 1 is 1.29 bits per heavy atom. The van der Waals surface area contributed by atoms with Crippen LogP contribution in [0.5, 0.6) is 5.75 Å². The molecule has 1 aliphatic rings. The monoisotopic (exact) mass is 309 g/mol. The van der Waals surface area contributed by atoms with Crippen molar-refractivity contribution in [2.75, 3.05) is 0 Å². The lowest BCUT2D eigenvalue weighted by atomic mass is 10.1. The summed E-state index contributed by atoms with van der Waals surface area (Å²) >= 11 is 5.93. The van der Waals surface area contributed by atoms with Crippen LogP contribution in [0.15, 0.2) is 18.2 Å². The summed E-state index contributed by atoms with van der Waals surface area (Å²) in [4.78, 5) is 12.2. The molecule has 116 valence electrons. The number of nitrogens with one attached hydrogen (secondary N) is 1. The molecule has 1 N–H and O–H groups in total. The molecule has 1 aromatic carbocycles. The Bertz CT molecular complexity index is 482. The summed E-state index contributed by atoms with van der Waals surface area (Å²) in [6.45, 7) is 3.72. The van der Waals surface area contributed by atoms with E-state index in [1.165, 1.54) is 25.7 Å². The minimum absolute atomic E-state index is 0.0312. The fraction of sp³-hybridized carbons (Fsp3) is 0.588. The van der Waals surface area contributed by atoms with E-state index >= 15 is 0 Å². The van der Waals surface area contributed by atoms with Gasteiger partial charge in [-0.25, -0.2) is 0 Å². The van der Waals surface area contributed by atoms with Crippen molar-refractivity contribution >= 4 is 17.5 Å². The summed E-state index contributed by atoms with van der Waals surface area (Å²) in [6.07, 6.45) is 6.64. The number of carbonyl (C=O) groups excluding carboxylic acids is 1. The van der Waals surface area contributed by atoms with Gasteiger partial charge in [-0.1, -0.05) is 37.3 Å². The first-order chi connectivity index (χ1) is 10.1. The van der Waals surface area contributed by atoms with E-state index < -0.39 is 6.10 Å². The summed E-state index contributed by atoms with van der Waals surface area (Å²) in [6, 6.07) is 5.73. The lowest BCUT2D eigenvalue weighted by Crippen LogP contribution is -2.42. The molecular weight excluding hydrogens is 286 g/mol. The molecule has 0 aliphatic heterocycles. The lowest BCUT2D eigenvalue weighted by molar-refractivity contribution is -0.128. The third-order valence-corrected chi connectivity index (χ3v) is 4.25. The van der Waals surface area contributed by atoms with Gasteiger partial charge < -0.3 is 10.1 Å². The van der Waals surface area contributed by atoms with Gasteiger partial charge in [0.2, 0.25) is 0 Å². The highest BCUT2D eigenvalue weighted by Crippen LogP contribution is 2.23. The topological polar surface area (TPSA) is 38.3 Å². The summed E-state index contributed by atoms with van der Waals surface area (Å²) in [5, 5.41) is 3.80. The molecule has 1 amide bonds. The predicted molar refractivity (Wildman–Crippen MR) is 85.9 cm³/mol. The van der Waals surface area contributed by atoms with Gasteiger partial charge in [-0.3, -0.25) is 4.79 Å². The third kappa shape index (κ3) is 4.92. The Hall–Kier alpha value is -1.22. The van der Waals surface area contributed by atoms with Crippen molar-refractivity contribution in [3.8, 4) is 5.75 Å². The van der Waals surface area contributed by atoms with E-state index in [0.717, 1.165) is 18.4 Å². The number of benzene rings is 1. The van der Waals surface area contributed by atoms with E-state index in [0.29, 0.717) is 16.8 Å². The maximum absolute atomic E-state index is 12.2. The van der Waals surface area contributed by atoms with Gasteiger partial charge in [0.15, 0.2) is 6.10 Å². The van der Waals surface area contributed by atoms with E-state index in [1.54, 1.807) is 13.0 Å². The standard InChI is InChI=1S/C17H24ClNO2/c1-12-11-14(18)9-10-16(12)21-13(2)17(20)19-15-7-5-3-4-6-8-15/h9-11,13,15H,3-8H2,1-2H3,(H,19,20). The average molecular weight is 310 g/mol. The number of rotatable bonds is 4. The van der Waals surface area contributed by atoms with Crippen molar-refractivity contribution in [2.45, 2.75) is 64.5 Å². The molecule has 0 saturated heterocycles. The molecule has 1 saturated carbocycles. The molecule has 0 aromatic heterocycles. The molecule has 0 bridgehead atoms. The van der Waals surface area contributed by atoms with Gasteiger partial charge in [-0.2, -0.15) is 0 Å². The molecule has 21 heavy (non-hydrogen) atoms. The van der Waals surface area contributed by atoms with Crippen molar-refractivity contribution in [3.63, 3.8) is 0 Å². The SMILES string of the molecule is Cc1cc(Cl)ccc1OC(C)C(=O)NC1CCCCCC1. The molecule has 1 fully saturated rings. The van der Waals surface area contributed by atoms with Crippen molar-refractivity contribution in [1.82, 2.24) is 5.32 Å². The first kappa shape index (κ1) is 16.2. The van der Waals surface area contributed by atoms with Crippen molar-refractivity contribution in [2.24, 2.45) is 0 Å². The molecule has 1 unspecified atom stereocenters. The summed E-state index contributed by atoms with van der Waals surface area (Å²) < 4.78 is 5.76. The maximum atomic E-state index is 12.2. The first-order valence-corrected chi connectivity index (χ1v) is 8.17. The highest BCUT2D eigenvalue weighted by Gasteiger charge is 2.20. The summed E-state index contributed by atoms with van der Waals surface area (Å²) in [5.74, 6) is 0.680. The predicted octanol–water partition coefficient (Wildman–Crippen LogP) is 4.25. The molecule has 2 rings (SSSR count). The van der Waals surface area contributed by atoms with E-state index in [2.05, 4.69) is 5.32 Å². The van der Waals surface area contributed by atoms with E-state index in [4.69, 9.17) is 16.3 Å². The second kappa shape index (κ2) is 7.69. The maximum Gasteiger partial charge on any atom is 0.260 e. The Morgan fingerprint density at radius 3 is 2.57 bits per heavy atom. The van der Waals surface area contributed by atoms with E-state index in [9.17, 15) is 4.79 Å². The van der Waals surface area contributed by atoms with Crippen LogP contribution in [0.2, 0.25) is 5.02 Å². The van der Waals surface area contributed by atoms with Gasteiger partial charge in [0, 0.05) is 11.1 Å². The smallest absolute Gasteiger partial charge is 0.260 e. The van der Waals surface area contributed by atoms with Gasteiger partial charge in [0.05, 0.1) is 0 Å². The number of amides is 1. The number of hydrogen-bond donors (Lipinski definition) is 1. The second-order valence-electron chi connectivity index (χ2n) is 5.87. The Balaban J connectivity index is 1.89. The van der Waals surface area contributed by atoms with Crippen LogP contribution in [0.4, 0.5) is 0 Å². The van der Waals surface area contributed by atoms with Crippen LogP contribution in [-0.4, -0.2) is 18.1 Å². The minimum atomic E-state index is -0.492. The minimum Gasteiger partial charge on any atom is -0.481 e. The number of ether oxygens (including phenoxy) is 1. The number of aryl methyl sites for hydroxylation is 1. The second-order valence-corrected chi connectivity index (χ2v) is 6.30. The molecule has 0 spiro atoms. The third-order valence-electron chi connectivity index (χ3n) is 4.01. The van der Waals surface area contributed by atoms with Gasteiger partial charge in [-0.15, -0.1) is 0 Å². The number of carbonyl (C=O) groups is 1. The Labute approximate surface area is 132 Å². The molecule has 3 nitrogen and oxygen atoms in total. The molecule has 1 aliphatic carbocycles. The van der Waals surface area contributed by atoms with Gasteiger partial charge in [-0.05, 0) is 50.5 Å². The quantitative estimate of drug-likeness (QED) is 0.844. The number of halogens is 1. The van der Waals surface area contributed by atoms with E-state index in [-0.39, 0.29) is 5.91 Å². The van der Waals surface area contributed by atoms with Gasteiger partial charge >= 0.3 is 0 Å². The largest absolute Gasteiger partial charge is 0.481 e. The molecule has 1 aromatic rings. The van der Waals surface area contributed by atoms with Gasteiger partial charge in [0.25, 0.3) is 5.91 Å². The molecule has 0 heterocycles. The molecular formula is C17H24ClNO2. The highest BCUT2D eigenvalue weighted by atomic mass is 35.5. The van der Waals surface area contributed by atoms with Gasteiger partial charge in [0.1, 0.15) is 5.75 Å². The van der Waals surface area contributed by atoms with Crippen LogP contribution < -0.4 is 10.1 Å². The normalized spacial score (nSPS) is 17.9. The van der Waals surface area contributed by atoms with Crippen LogP contribution in [0.3, 0.4) is 0 Å². The zero-order valence-electron chi connectivity index (χ0n) is 12.8. The van der Waals surface area contributed by atoms with Crippen molar-refractivity contribution in [3.05, 3.63) is 28.8 Å². The number of hydrogen-bond acceptors (Lipinski definition) is 2. The summed E-state index contributed by atoms with van der Waals surface area (Å²) in [5.41, 5.74) is 0.941. The molecule has 4 heteroatoms. The zero-order valence-corrected chi connectivity index (χ0v) is 13.6. The van der Waals surface area contributed by atoms with E-state index in [1.807, 2.05) is 19.1 Å². The Kier molecular flexibility index (Phi) is 5.92. The fourth-order valence-electron chi connectivity index (χ4n) is 2.73. The van der Waals surface area contributed by atoms with Crippen LogP contribution in [0, 0.1) is 6.92 Å². The van der Waals surface area contributed by atoms with Crippen LogP contribution in [-0.2, 0) is 4.79 Å². The molecule has 0 radical (unpaired) electrons. The first-order valence-electron chi connectivity index (χ1n) is 7.79. The zero-order chi connectivity index (χ0) is 15.2. The Morgan fingerprint density at radius 2 is 1.95 bits per heavy atom. The van der Waals surface area contributed by atoms with Crippen LogP contribution in [0.25, 0.3) is 0 Å². The van der Waals surface area contributed by atoms with Crippen molar-refractivity contribution in [1.29, 1.82) is 0 Å². The van der Waals surface area contributed by atoms with Crippen LogP contribution in [0.1, 0.15) is 51.0 Å². The van der Waals surface area contributed by atoms with Crippen molar-refractivity contribution < 1.29 is 9.53 Å². The highest BCUT2D eigenvalue weighted by molar-refractivity contribution is 6.30. The molecule has 1 atom stereocenters. The fourth-order valence-corrected chi connectivity index (χ4v) is 2.96. The van der Waals surface area contributed by atoms with Crippen LogP contribution >= 0.6 is 11.6 Å². The average Bonchev–Trinajstić information content (AvgIpc) is 2.70. The summed E-state index contributed by atoms with van der Waals surface area (Å²) in [7, 11) is 0.